The third-order valence-corrected chi connectivity index (χ3v) is 13.8. The molecule has 0 heterocycles. The monoisotopic (exact) mass is 1280 g/mol. The number of aliphatic hydroxyl groups is 2. The average molecular weight is 1280 g/mol. The molecule has 0 spiro atoms. The molecule has 0 amide bonds. The Hall–Kier alpha value is -4.81. The minimum absolute atomic E-state index is 0.0247. The zero-order valence-electron chi connectivity index (χ0n) is 61.2. The van der Waals surface area contributed by atoms with Crippen molar-refractivity contribution in [3.8, 4) is 11.5 Å². The molecule has 0 aromatic heterocycles. The molecule has 0 saturated heterocycles. The summed E-state index contributed by atoms with van der Waals surface area (Å²) < 4.78 is 10.7. The summed E-state index contributed by atoms with van der Waals surface area (Å²) in [5.74, 6) is -6.33. The SMILES string of the molecule is CC(C)(C)CCC(C(=O)O)C(=O)O.CC(C)(C)CCC(O)C(=O)O.CC(C)(C)CCCCC(N)C(=O)O.CCC(O)CC(C)(C)C.CCCOCCOCCC(C)(C)C.Cc1cc(CC(C(=O)O)C(C)(C)C)ccc1O.Cc1ccc(CCC(C)(C)C)cc1O. The van der Waals surface area contributed by atoms with E-state index in [4.69, 9.17) is 40.7 Å². The number of phenolic OH excluding ortho intramolecular Hbond substituents is 2. The van der Waals surface area contributed by atoms with Crippen molar-refractivity contribution in [3.63, 3.8) is 0 Å². The molecule has 2 aromatic carbocycles. The van der Waals surface area contributed by atoms with E-state index >= 15 is 0 Å². The molecule has 4 atom stereocenters. The van der Waals surface area contributed by atoms with Gasteiger partial charge in [0, 0.05) is 13.2 Å². The summed E-state index contributed by atoms with van der Waals surface area (Å²) in [6, 6.07) is 10.5. The summed E-state index contributed by atoms with van der Waals surface area (Å²) >= 11 is 0. The molecule has 0 aliphatic carbocycles. The lowest BCUT2D eigenvalue weighted by molar-refractivity contribution is -0.155. The van der Waals surface area contributed by atoms with Crippen LogP contribution in [-0.2, 0) is 46.3 Å². The molecule has 17 heteroatoms. The maximum atomic E-state index is 11.3. The summed E-state index contributed by atoms with van der Waals surface area (Å²) in [4.78, 5) is 52.7. The molecule has 0 bridgehead atoms. The van der Waals surface area contributed by atoms with Crippen molar-refractivity contribution in [2.75, 3.05) is 26.4 Å². The number of aliphatic carboxylic acids is 5. The van der Waals surface area contributed by atoms with Crippen LogP contribution in [0.4, 0.5) is 0 Å². The number of carbonyl (C=O) groups is 5. The molecule has 2 rings (SSSR count). The van der Waals surface area contributed by atoms with Crippen molar-refractivity contribution >= 4 is 29.8 Å². The first-order valence-corrected chi connectivity index (χ1v) is 32.5. The van der Waals surface area contributed by atoms with Crippen LogP contribution in [-0.4, -0.2) is 120 Å². The largest absolute Gasteiger partial charge is 0.508 e. The highest BCUT2D eigenvalue weighted by atomic mass is 16.5. The van der Waals surface area contributed by atoms with E-state index in [2.05, 4.69) is 96.1 Å². The van der Waals surface area contributed by atoms with Crippen LogP contribution >= 0.6 is 0 Å². The van der Waals surface area contributed by atoms with Crippen LogP contribution in [0.2, 0.25) is 0 Å². The van der Waals surface area contributed by atoms with E-state index in [1.807, 2.05) is 101 Å². The zero-order valence-corrected chi connectivity index (χ0v) is 61.2. The summed E-state index contributed by atoms with van der Waals surface area (Å²) in [6.07, 6.45) is 10.9. The fourth-order valence-corrected chi connectivity index (χ4v) is 7.64. The fourth-order valence-electron chi connectivity index (χ4n) is 7.64. The maximum Gasteiger partial charge on any atom is 0.332 e. The predicted molar refractivity (Wildman–Crippen MR) is 367 cm³/mol. The summed E-state index contributed by atoms with van der Waals surface area (Å²) in [5, 5.41) is 80.3. The molecule has 4 unspecified atom stereocenters. The number of aromatic hydroxyl groups is 2. The molecule has 0 aliphatic heterocycles. The topological polar surface area (TPSA) is 312 Å². The van der Waals surface area contributed by atoms with Gasteiger partial charge in [-0.1, -0.05) is 196 Å². The van der Waals surface area contributed by atoms with E-state index in [0.717, 1.165) is 107 Å². The van der Waals surface area contributed by atoms with Crippen molar-refractivity contribution < 1.29 is 79.4 Å². The minimum atomic E-state index is -1.26. The molecule has 90 heavy (non-hydrogen) atoms. The van der Waals surface area contributed by atoms with E-state index in [9.17, 15) is 44.4 Å². The summed E-state index contributed by atoms with van der Waals surface area (Å²) in [5.41, 5.74) is 10.4. The van der Waals surface area contributed by atoms with Crippen LogP contribution in [0, 0.1) is 63.6 Å². The molecule has 2 aromatic rings. The molecular weight excluding hydrogens is 1150 g/mol. The number of hydrogen-bond donors (Lipinski definition) is 10. The normalized spacial score (nSPS) is 13.2. The first kappa shape index (κ1) is 93.9. The molecule has 528 valence electrons. The van der Waals surface area contributed by atoms with E-state index in [-0.39, 0.29) is 39.9 Å². The van der Waals surface area contributed by atoms with Gasteiger partial charge in [-0.25, -0.2) is 4.79 Å². The molecular formula is C73H135NO16. The highest BCUT2D eigenvalue weighted by Gasteiger charge is 2.31. The summed E-state index contributed by atoms with van der Waals surface area (Å²) in [7, 11) is 0. The second-order valence-electron chi connectivity index (χ2n) is 32.2. The lowest BCUT2D eigenvalue weighted by Crippen LogP contribution is -2.30. The third kappa shape index (κ3) is 63.3. The van der Waals surface area contributed by atoms with E-state index in [0.29, 0.717) is 47.7 Å². The van der Waals surface area contributed by atoms with Crippen LogP contribution in [0.5, 0.6) is 11.5 Å². The highest BCUT2D eigenvalue weighted by Crippen LogP contribution is 2.31. The number of unbranched alkanes of at least 4 members (excludes halogenated alkanes) is 1. The van der Waals surface area contributed by atoms with Gasteiger partial charge in [0.2, 0.25) is 0 Å². The Morgan fingerprint density at radius 1 is 0.467 bits per heavy atom. The van der Waals surface area contributed by atoms with Gasteiger partial charge in [-0.2, -0.15) is 0 Å². The van der Waals surface area contributed by atoms with E-state index < -0.39 is 53.8 Å². The van der Waals surface area contributed by atoms with Crippen molar-refractivity contribution in [2.45, 2.75) is 288 Å². The molecule has 0 radical (unpaired) electrons. The number of nitrogens with two attached hydrogens (primary N) is 1. The van der Waals surface area contributed by atoms with E-state index in [1.165, 1.54) is 5.56 Å². The van der Waals surface area contributed by atoms with Crippen LogP contribution in [0.1, 0.15) is 265 Å². The van der Waals surface area contributed by atoms with Crippen LogP contribution in [0.3, 0.4) is 0 Å². The van der Waals surface area contributed by atoms with Gasteiger partial charge >= 0.3 is 29.8 Å². The second-order valence-corrected chi connectivity index (χ2v) is 32.2. The highest BCUT2D eigenvalue weighted by molar-refractivity contribution is 5.92. The number of benzene rings is 2. The van der Waals surface area contributed by atoms with Gasteiger partial charge in [0.15, 0.2) is 12.0 Å². The Bertz CT molecular complexity index is 2230. The number of phenols is 2. The van der Waals surface area contributed by atoms with Crippen LogP contribution in [0.25, 0.3) is 0 Å². The number of hydrogen-bond acceptors (Lipinski definition) is 12. The fraction of sp³-hybridized carbons (Fsp3) is 0.767. The Morgan fingerprint density at radius 3 is 1.28 bits per heavy atom. The number of ether oxygens (including phenoxy) is 2. The van der Waals surface area contributed by atoms with Gasteiger partial charge < -0.3 is 61.2 Å². The third-order valence-electron chi connectivity index (χ3n) is 13.8. The molecule has 0 saturated carbocycles. The number of aliphatic hydroxyl groups excluding tert-OH is 2. The number of carboxylic acid groups (broad SMARTS) is 5. The first-order chi connectivity index (χ1) is 40.5. The Kier molecular flexibility index (Phi) is 48.3. The number of rotatable bonds is 26. The maximum absolute atomic E-state index is 11.3. The Balaban J connectivity index is -0.000000314. The molecule has 0 fully saturated rings. The standard InChI is InChI=1S/C14H20O3.C13H20O.C11H24O2.C10H21NO2.C9H16O4.C8H16O3.C8H18O/c1-9-7-10(5-6-12(9)15)8-11(13(16)17)14(2,3)4;1-10-5-6-11(9-12(10)14)7-8-13(2,3)4;1-5-7-12-9-10-13-8-6-11(2,3)4;1-10(2,3)7-5-4-6-8(11)9(12)13;1-9(2,3)5-4-6(7(10)11)8(12)13;1-8(2,3)5-4-6(9)7(10)11;1-5-7(9)6-8(2,3)4/h5-7,11,15H,8H2,1-4H3,(H,16,17);5-6,9,14H,7-8H2,1-4H3;5-10H2,1-4H3;8H,4-7,11H2,1-3H3,(H,12,13);6H,4-5H2,1-3H3,(H,10,11)(H,12,13);6,9H,4-5H2,1-3H3,(H,10,11);7,9H,5-6H2,1-4H3. The molecule has 17 nitrogen and oxygen atoms in total. The van der Waals surface area contributed by atoms with Crippen LogP contribution in [0.15, 0.2) is 36.4 Å². The van der Waals surface area contributed by atoms with Crippen molar-refractivity contribution in [1.82, 2.24) is 0 Å². The Labute approximate surface area is 546 Å². The van der Waals surface area contributed by atoms with Crippen molar-refractivity contribution in [3.05, 3.63) is 58.7 Å². The van der Waals surface area contributed by atoms with Gasteiger partial charge in [-0.15, -0.1) is 0 Å². The van der Waals surface area contributed by atoms with Crippen LogP contribution < -0.4 is 5.73 Å². The zero-order chi connectivity index (χ0) is 71.8. The van der Waals surface area contributed by atoms with Crippen molar-refractivity contribution in [1.29, 1.82) is 0 Å². The number of aryl methyl sites for hydroxylation is 3. The van der Waals surface area contributed by atoms with Gasteiger partial charge in [-0.05, 0) is 170 Å². The molecule has 0 aliphatic rings. The Morgan fingerprint density at radius 2 is 0.922 bits per heavy atom. The van der Waals surface area contributed by atoms with Gasteiger partial charge in [0.05, 0.1) is 25.2 Å². The quantitative estimate of drug-likeness (QED) is 0.0309. The summed E-state index contributed by atoms with van der Waals surface area (Å²) in [6.45, 7) is 55.1. The number of carboxylic acids is 5. The smallest absolute Gasteiger partial charge is 0.332 e. The van der Waals surface area contributed by atoms with E-state index in [1.54, 1.807) is 12.1 Å². The lowest BCUT2D eigenvalue weighted by atomic mass is 9.77. The van der Waals surface area contributed by atoms with Crippen molar-refractivity contribution in [2.24, 2.45) is 55.5 Å². The molecule has 11 N–H and O–H groups in total. The predicted octanol–water partition coefficient (Wildman–Crippen LogP) is 16.6. The second kappa shape index (κ2) is 46.3. The van der Waals surface area contributed by atoms with Gasteiger partial charge in [-0.3, -0.25) is 19.2 Å². The van der Waals surface area contributed by atoms with Gasteiger partial charge in [0.25, 0.3) is 0 Å². The lowest BCUT2D eigenvalue weighted by Gasteiger charge is -2.27. The first-order valence-electron chi connectivity index (χ1n) is 32.5. The average Bonchev–Trinajstić information content (AvgIpc) is 3.50. The minimum Gasteiger partial charge on any atom is -0.508 e. The van der Waals surface area contributed by atoms with Gasteiger partial charge in [0.1, 0.15) is 17.5 Å².